The van der Waals surface area contributed by atoms with Crippen molar-refractivity contribution in [3.63, 3.8) is 0 Å². The van der Waals surface area contributed by atoms with Crippen LogP contribution >= 0.6 is 11.3 Å². The number of nitrogens with zero attached hydrogens (tertiary/aromatic N) is 3. The zero-order valence-electron chi connectivity index (χ0n) is 15.2. The topological polar surface area (TPSA) is 80.4 Å². The number of nitro groups is 1. The zero-order valence-corrected chi connectivity index (χ0v) is 16.0. The highest BCUT2D eigenvalue weighted by atomic mass is 32.1. The summed E-state index contributed by atoms with van der Waals surface area (Å²) in [7, 11) is 0. The van der Waals surface area contributed by atoms with E-state index in [1.165, 1.54) is 23.5 Å². The fourth-order valence-electron chi connectivity index (χ4n) is 2.79. The van der Waals surface area contributed by atoms with E-state index in [0.29, 0.717) is 5.13 Å². The minimum Gasteiger partial charge on any atom is -0.258 e. The molecule has 4 aromatic rings. The smallest absolute Gasteiger partial charge is 0.258 e. The number of aromatic nitrogens is 1. The van der Waals surface area contributed by atoms with Crippen LogP contribution in [0.5, 0.6) is 0 Å². The van der Waals surface area contributed by atoms with Crippen molar-refractivity contribution in [3.05, 3.63) is 101 Å². The van der Waals surface area contributed by atoms with Crippen LogP contribution in [0, 0.1) is 10.1 Å². The molecule has 0 atom stereocenters. The molecule has 0 fully saturated rings. The second-order valence-corrected chi connectivity index (χ2v) is 7.15. The summed E-state index contributed by atoms with van der Waals surface area (Å²) in [6, 6.07) is 26.3. The maximum atomic E-state index is 10.7. The van der Waals surface area contributed by atoms with Crippen molar-refractivity contribution in [2.45, 2.75) is 0 Å². The van der Waals surface area contributed by atoms with Crippen molar-refractivity contribution in [3.8, 4) is 21.7 Å². The molecule has 0 saturated carbocycles. The van der Waals surface area contributed by atoms with E-state index in [2.05, 4.69) is 22.7 Å². The van der Waals surface area contributed by atoms with E-state index in [1.54, 1.807) is 18.3 Å². The van der Waals surface area contributed by atoms with Crippen LogP contribution in [0.3, 0.4) is 0 Å². The van der Waals surface area contributed by atoms with E-state index in [-0.39, 0.29) is 5.69 Å². The first-order valence-electron chi connectivity index (χ1n) is 8.86. The number of rotatable bonds is 6. The fraction of sp³-hybridized carbons (Fsp3) is 0. The Labute approximate surface area is 171 Å². The largest absolute Gasteiger partial charge is 0.269 e. The van der Waals surface area contributed by atoms with Crippen molar-refractivity contribution >= 4 is 28.4 Å². The number of hydrogen-bond donors (Lipinski definition) is 1. The third-order valence-corrected chi connectivity index (χ3v) is 5.20. The summed E-state index contributed by atoms with van der Waals surface area (Å²) in [5.74, 6) is 0. The van der Waals surface area contributed by atoms with Crippen molar-refractivity contribution in [2.75, 3.05) is 5.43 Å². The molecule has 0 spiro atoms. The minimum atomic E-state index is -0.426. The minimum absolute atomic E-state index is 0.0510. The second kappa shape index (κ2) is 8.45. The van der Waals surface area contributed by atoms with Crippen LogP contribution in [0.4, 0.5) is 10.8 Å². The van der Waals surface area contributed by atoms with Crippen LogP contribution in [0.15, 0.2) is 90.0 Å². The van der Waals surface area contributed by atoms with Gasteiger partial charge in [-0.1, -0.05) is 72.0 Å². The van der Waals surface area contributed by atoms with Gasteiger partial charge in [0.25, 0.3) is 5.69 Å². The summed E-state index contributed by atoms with van der Waals surface area (Å²) in [5, 5.41) is 15.6. The van der Waals surface area contributed by atoms with Crippen molar-refractivity contribution in [1.29, 1.82) is 0 Å². The van der Waals surface area contributed by atoms with E-state index in [0.717, 1.165) is 27.3 Å². The SMILES string of the molecule is O=[N+]([O-])c1ccc(C=NNc2nc(-c3ccccc3)c(-c3ccccc3)s2)cc1. The van der Waals surface area contributed by atoms with E-state index < -0.39 is 4.92 Å². The van der Waals surface area contributed by atoms with Crippen molar-refractivity contribution in [2.24, 2.45) is 5.10 Å². The van der Waals surface area contributed by atoms with Gasteiger partial charge in [0.2, 0.25) is 5.13 Å². The number of nitro benzene ring substituents is 1. The van der Waals surface area contributed by atoms with Gasteiger partial charge in [0.1, 0.15) is 0 Å². The molecular weight excluding hydrogens is 384 g/mol. The molecule has 0 radical (unpaired) electrons. The molecule has 1 aromatic heterocycles. The molecule has 6 nitrogen and oxygen atoms in total. The molecule has 0 aliphatic carbocycles. The number of hydrogen-bond acceptors (Lipinski definition) is 6. The average molecular weight is 400 g/mol. The first-order valence-corrected chi connectivity index (χ1v) is 9.67. The maximum Gasteiger partial charge on any atom is 0.269 e. The number of hydrazone groups is 1. The first kappa shape index (κ1) is 18.5. The summed E-state index contributed by atoms with van der Waals surface area (Å²) >= 11 is 1.52. The lowest BCUT2D eigenvalue weighted by molar-refractivity contribution is -0.384. The van der Waals surface area contributed by atoms with Gasteiger partial charge < -0.3 is 0 Å². The van der Waals surface area contributed by atoms with Gasteiger partial charge in [0.15, 0.2) is 0 Å². The lowest BCUT2D eigenvalue weighted by Gasteiger charge is -2.02. The summed E-state index contributed by atoms with van der Waals surface area (Å²) in [5.41, 5.74) is 6.81. The average Bonchev–Trinajstić information content (AvgIpc) is 3.20. The maximum absolute atomic E-state index is 10.7. The van der Waals surface area contributed by atoms with Gasteiger partial charge in [0.05, 0.1) is 21.7 Å². The standard InChI is InChI=1S/C22H16N4O2S/c27-26(28)19-13-11-16(12-14-19)15-23-25-22-24-20(17-7-3-1-4-8-17)21(29-22)18-9-5-2-6-10-18/h1-15H,(H,24,25). The highest BCUT2D eigenvalue weighted by Crippen LogP contribution is 2.38. The Morgan fingerprint density at radius 2 is 1.52 bits per heavy atom. The monoisotopic (exact) mass is 400 g/mol. The highest BCUT2D eigenvalue weighted by molar-refractivity contribution is 7.19. The number of thiazole rings is 1. The third kappa shape index (κ3) is 4.36. The lowest BCUT2D eigenvalue weighted by atomic mass is 10.1. The number of anilines is 1. The second-order valence-electron chi connectivity index (χ2n) is 6.15. The van der Waals surface area contributed by atoms with Gasteiger partial charge in [-0.05, 0) is 23.3 Å². The van der Waals surface area contributed by atoms with Gasteiger partial charge in [-0.3, -0.25) is 15.5 Å². The molecule has 3 aromatic carbocycles. The number of non-ortho nitro benzene ring substituents is 1. The molecular formula is C22H16N4O2S. The van der Waals surface area contributed by atoms with Crippen LogP contribution in [-0.2, 0) is 0 Å². The number of benzene rings is 3. The van der Waals surface area contributed by atoms with Gasteiger partial charge in [0, 0.05) is 17.7 Å². The van der Waals surface area contributed by atoms with Crippen LogP contribution in [0.2, 0.25) is 0 Å². The number of nitrogens with one attached hydrogen (secondary N) is 1. The molecule has 142 valence electrons. The van der Waals surface area contributed by atoms with Gasteiger partial charge >= 0.3 is 0 Å². The lowest BCUT2D eigenvalue weighted by Crippen LogP contribution is -1.91. The van der Waals surface area contributed by atoms with Gasteiger partial charge in [-0.15, -0.1) is 0 Å². The third-order valence-electron chi connectivity index (χ3n) is 4.19. The van der Waals surface area contributed by atoms with Gasteiger partial charge in [-0.2, -0.15) is 5.10 Å². The van der Waals surface area contributed by atoms with E-state index in [4.69, 9.17) is 4.98 Å². The Hall–Kier alpha value is -3.84. The Morgan fingerprint density at radius 1 is 0.897 bits per heavy atom. The summed E-state index contributed by atoms with van der Waals surface area (Å²) < 4.78 is 0. The van der Waals surface area contributed by atoms with Gasteiger partial charge in [-0.25, -0.2) is 4.98 Å². The molecule has 0 bridgehead atoms. The van der Waals surface area contributed by atoms with Crippen LogP contribution in [0.1, 0.15) is 5.56 Å². The highest BCUT2D eigenvalue weighted by Gasteiger charge is 2.14. The normalized spacial score (nSPS) is 10.9. The molecule has 0 aliphatic rings. The van der Waals surface area contributed by atoms with Crippen molar-refractivity contribution < 1.29 is 4.92 Å². The molecule has 1 heterocycles. The first-order chi connectivity index (χ1) is 14.2. The molecule has 29 heavy (non-hydrogen) atoms. The van der Waals surface area contributed by atoms with Crippen LogP contribution in [0.25, 0.3) is 21.7 Å². The molecule has 4 rings (SSSR count). The fourth-order valence-corrected chi connectivity index (χ4v) is 3.73. The Morgan fingerprint density at radius 3 is 2.14 bits per heavy atom. The molecule has 0 saturated heterocycles. The summed E-state index contributed by atoms with van der Waals surface area (Å²) in [6.07, 6.45) is 1.61. The molecule has 0 amide bonds. The summed E-state index contributed by atoms with van der Waals surface area (Å²) in [4.78, 5) is 16.1. The molecule has 0 unspecified atom stereocenters. The molecule has 7 heteroatoms. The Balaban J connectivity index is 1.59. The van der Waals surface area contributed by atoms with E-state index in [9.17, 15) is 10.1 Å². The van der Waals surface area contributed by atoms with Crippen LogP contribution in [-0.4, -0.2) is 16.1 Å². The van der Waals surface area contributed by atoms with Crippen LogP contribution < -0.4 is 5.43 Å². The zero-order chi connectivity index (χ0) is 20.1. The predicted octanol–water partition coefficient (Wildman–Crippen LogP) is 5.83. The predicted molar refractivity (Wildman–Crippen MR) is 117 cm³/mol. The Bertz CT molecular complexity index is 1080. The quantitative estimate of drug-likeness (QED) is 0.251. The van der Waals surface area contributed by atoms with Crippen molar-refractivity contribution in [1.82, 2.24) is 4.98 Å². The summed E-state index contributed by atoms with van der Waals surface area (Å²) in [6.45, 7) is 0. The van der Waals surface area contributed by atoms with E-state index in [1.807, 2.05) is 48.5 Å². The van der Waals surface area contributed by atoms with E-state index >= 15 is 0 Å². The Kier molecular flexibility index (Phi) is 5.40. The molecule has 1 N–H and O–H groups in total. The molecule has 0 aliphatic heterocycles.